The molecule has 0 radical (unpaired) electrons. The molecule has 24 heavy (non-hydrogen) atoms. The Hall–Kier alpha value is -1.30. The van der Waals surface area contributed by atoms with Crippen molar-refractivity contribution in [3.8, 4) is 0 Å². The molecule has 2 aliphatic rings. The fraction of sp³-hybridized carbons (Fsp3) is 0.611. The molecule has 2 saturated heterocycles. The molecular weight excluding hydrogens is 322 g/mol. The lowest BCUT2D eigenvalue weighted by molar-refractivity contribution is 0.169. The highest BCUT2D eigenvalue weighted by Gasteiger charge is 2.20. The first-order valence-electron chi connectivity index (χ1n) is 8.89. The van der Waals surface area contributed by atoms with E-state index in [9.17, 15) is 0 Å². The summed E-state index contributed by atoms with van der Waals surface area (Å²) in [5, 5.41) is 4.33. The van der Waals surface area contributed by atoms with Gasteiger partial charge in [-0.2, -0.15) is 0 Å². The van der Waals surface area contributed by atoms with Gasteiger partial charge in [-0.3, -0.25) is 9.89 Å². The van der Waals surface area contributed by atoms with Crippen molar-refractivity contribution in [3.05, 3.63) is 34.9 Å². The van der Waals surface area contributed by atoms with Crippen LogP contribution in [0, 0.1) is 0 Å². The van der Waals surface area contributed by atoms with Gasteiger partial charge in [0.2, 0.25) is 0 Å². The van der Waals surface area contributed by atoms with Gasteiger partial charge in [-0.05, 0) is 37.2 Å². The zero-order valence-electron chi connectivity index (χ0n) is 14.5. The number of piperazine rings is 1. The zero-order chi connectivity index (χ0) is 16.8. The van der Waals surface area contributed by atoms with Crippen LogP contribution < -0.4 is 5.32 Å². The van der Waals surface area contributed by atoms with Gasteiger partial charge < -0.3 is 15.1 Å². The summed E-state index contributed by atoms with van der Waals surface area (Å²) in [4.78, 5) is 11.8. The van der Waals surface area contributed by atoms with Crippen molar-refractivity contribution in [3.63, 3.8) is 0 Å². The number of hydrogen-bond donors (Lipinski definition) is 1. The van der Waals surface area contributed by atoms with Crippen LogP contribution in [0.2, 0.25) is 5.02 Å². The van der Waals surface area contributed by atoms with Gasteiger partial charge in [0.1, 0.15) is 0 Å². The number of aliphatic imine (C=N–C) groups is 1. The van der Waals surface area contributed by atoms with Crippen molar-refractivity contribution < 1.29 is 0 Å². The Morgan fingerprint density at radius 2 is 1.92 bits per heavy atom. The maximum atomic E-state index is 6.08. The van der Waals surface area contributed by atoms with E-state index in [2.05, 4.69) is 37.1 Å². The highest BCUT2D eigenvalue weighted by atomic mass is 35.5. The standard InChI is InChI=1S/C18H28ClN5/c1-20-18(21-6-9-22-7-3-8-22)24-12-10-23(11-13-24)15-16-4-2-5-17(19)14-16/h2,4-5,14H,3,6-13,15H2,1H3,(H,20,21). The molecule has 0 aliphatic carbocycles. The van der Waals surface area contributed by atoms with Crippen LogP contribution >= 0.6 is 11.6 Å². The summed E-state index contributed by atoms with van der Waals surface area (Å²) in [7, 11) is 1.88. The molecule has 2 fully saturated rings. The number of hydrogen-bond acceptors (Lipinski definition) is 3. The average molecular weight is 350 g/mol. The van der Waals surface area contributed by atoms with Crippen LogP contribution in [0.1, 0.15) is 12.0 Å². The van der Waals surface area contributed by atoms with Gasteiger partial charge in [-0.1, -0.05) is 23.7 Å². The SMILES string of the molecule is CN=C(NCCN1CCC1)N1CCN(Cc2cccc(Cl)c2)CC1. The molecule has 5 nitrogen and oxygen atoms in total. The van der Waals surface area contributed by atoms with E-state index in [1.165, 1.54) is 25.1 Å². The van der Waals surface area contributed by atoms with Crippen LogP contribution in [0.4, 0.5) is 0 Å². The summed E-state index contributed by atoms with van der Waals surface area (Å²) in [5.74, 6) is 1.04. The molecule has 1 aromatic rings. The molecule has 0 aromatic heterocycles. The van der Waals surface area contributed by atoms with Gasteiger partial charge in [0.05, 0.1) is 0 Å². The van der Waals surface area contributed by atoms with Gasteiger partial charge in [0.25, 0.3) is 0 Å². The molecule has 2 aliphatic heterocycles. The largest absolute Gasteiger partial charge is 0.355 e. The van der Waals surface area contributed by atoms with E-state index < -0.39 is 0 Å². The molecular formula is C18H28ClN5. The third kappa shape index (κ3) is 4.85. The van der Waals surface area contributed by atoms with E-state index in [4.69, 9.17) is 11.6 Å². The molecule has 0 spiro atoms. The normalized spacial score (nSPS) is 20.1. The Labute approximate surface area is 150 Å². The molecule has 3 rings (SSSR count). The Kier molecular flexibility index (Phi) is 6.35. The fourth-order valence-electron chi connectivity index (χ4n) is 3.27. The molecule has 1 N–H and O–H groups in total. The van der Waals surface area contributed by atoms with Crippen molar-refractivity contribution in [2.24, 2.45) is 4.99 Å². The summed E-state index contributed by atoms with van der Waals surface area (Å²) in [6, 6.07) is 8.16. The molecule has 0 atom stereocenters. The third-order valence-corrected chi connectivity index (χ3v) is 5.07. The Morgan fingerprint density at radius 1 is 1.12 bits per heavy atom. The van der Waals surface area contributed by atoms with Crippen LogP contribution in [0.15, 0.2) is 29.3 Å². The van der Waals surface area contributed by atoms with Crippen LogP contribution in [0.25, 0.3) is 0 Å². The minimum absolute atomic E-state index is 0.818. The van der Waals surface area contributed by atoms with E-state index in [1.807, 2.05) is 19.2 Å². The van der Waals surface area contributed by atoms with Crippen LogP contribution in [-0.2, 0) is 6.54 Å². The van der Waals surface area contributed by atoms with E-state index in [0.717, 1.165) is 56.8 Å². The number of nitrogens with zero attached hydrogens (tertiary/aromatic N) is 4. The predicted molar refractivity (Wildman–Crippen MR) is 101 cm³/mol. The van der Waals surface area contributed by atoms with Crippen LogP contribution in [0.5, 0.6) is 0 Å². The number of rotatable bonds is 5. The average Bonchev–Trinajstić information content (AvgIpc) is 2.54. The lowest BCUT2D eigenvalue weighted by atomic mass is 10.2. The summed E-state index contributed by atoms with van der Waals surface area (Å²) in [6.07, 6.45) is 1.35. The van der Waals surface area contributed by atoms with Crippen LogP contribution in [0.3, 0.4) is 0 Å². The van der Waals surface area contributed by atoms with Gasteiger partial charge in [0, 0.05) is 57.9 Å². The van der Waals surface area contributed by atoms with Crippen molar-refractivity contribution in [1.82, 2.24) is 20.0 Å². The second-order valence-corrected chi connectivity index (χ2v) is 7.00. The predicted octanol–water partition coefficient (Wildman–Crippen LogP) is 1.74. The molecule has 6 heteroatoms. The summed E-state index contributed by atoms with van der Waals surface area (Å²) in [5.41, 5.74) is 1.29. The number of guanidine groups is 1. The molecule has 0 saturated carbocycles. The second kappa shape index (κ2) is 8.70. The van der Waals surface area contributed by atoms with Crippen molar-refractivity contribution in [1.29, 1.82) is 0 Å². The van der Waals surface area contributed by atoms with E-state index in [0.29, 0.717) is 0 Å². The maximum Gasteiger partial charge on any atom is 0.193 e. The molecule has 0 unspecified atom stereocenters. The van der Waals surface area contributed by atoms with Crippen molar-refractivity contribution in [2.75, 3.05) is 59.4 Å². The molecule has 132 valence electrons. The summed E-state index contributed by atoms with van der Waals surface area (Å²) in [6.45, 7) is 9.72. The maximum absolute atomic E-state index is 6.08. The zero-order valence-corrected chi connectivity index (χ0v) is 15.3. The molecule has 0 bridgehead atoms. The van der Waals surface area contributed by atoms with Gasteiger partial charge >= 0.3 is 0 Å². The lowest BCUT2D eigenvalue weighted by Gasteiger charge is -2.37. The van der Waals surface area contributed by atoms with Gasteiger partial charge in [-0.25, -0.2) is 0 Å². The first-order valence-corrected chi connectivity index (χ1v) is 9.27. The number of halogens is 1. The first-order chi connectivity index (χ1) is 11.7. The topological polar surface area (TPSA) is 34.1 Å². The Balaban J connectivity index is 1.41. The van der Waals surface area contributed by atoms with E-state index in [-0.39, 0.29) is 0 Å². The van der Waals surface area contributed by atoms with Gasteiger partial charge in [0.15, 0.2) is 5.96 Å². The first kappa shape index (κ1) is 17.5. The van der Waals surface area contributed by atoms with Crippen molar-refractivity contribution in [2.45, 2.75) is 13.0 Å². The van der Waals surface area contributed by atoms with Crippen LogP contribution in [-0.4, -0.2) is 80.1 Å². The highest BCUT2D eigenvalue weighted by Crippen LogP contribution is 2.14. The minimum atomic E-state index is 0.818. The summed E-state index contributed by atoms with van der Waals surface area (Å²) >= 11 is 6.08. The lowest BCUT2D eigenvalue weighted by Crippen LogP contribution is -2.53. The number of benzene rings is 1. The Morgan fingerprint density at radius 3 is 2.54 bits per heavy atom. The number of nitrogens with one attached hydrogen (secondary N) is 1. The fourth-order valence-corrected chi connectivity index (χ4v) is 3.49. The van der Waals surface area contributed by atoms with Crippen molar-refractivity contribution >= 4 is 17.6 Å². The summed E-state index contributed by atoms with van der Waals surface area (Å²) < 4.78 is 0. The van der Waals surface area contributed by atoms with E-state index in [1.54, 1.807) is 0 Å². The molecule has 2 heterocycles. The quantitative estimate of drug-likeness (QED) is 0.648. The second-order valence-electron chi connectivity index (χ2n) is 6.56. The highest BCUT2D eigenvalue weighted by molar-refractivity contribution is 6.30. The minimum Gasteiger partial charge on any atom is -0.355 e. The van der Waals surface area contributed by atoms with Gasteiger partial charge in [-0.15, -0.1) is 0 Å². The van der Waals surface area contributed by atoms with E-state index >= 15 is 0 Å². The Bertz CT molecular complexity index is 550. The monoisotopic (exact) mass is 349 g/mol. The smallest absolute Gasteiger partial charge is 0.193 e. The molecule has 0 amide bonds. The number of likely N-dealkylation sites (tertiary alicyclic amines) is 1. The third-order valence-electron chi connectivity index (χ3n) is 4.84. The molecule has 1 aromatic carbocycles.